The Morgan fingerprint density at radius 2 is 1.80 bits per heavy atom. The highest BCUT2D eigenvalue weighted by molar-refractivity contribution is 5.94. The van der Waals surface area contributed by atoms with Crippen LogP contribution in [0, 0.1) is 17.6 Å². The van der Waals surface area contributed by atoms with Crippen molar-refractivity contribution in [3.8, 4) is 0 Å². The molecular formula is C18H23F2N3O2. The van der Waals surface area contributed by atoms with Gasteiger partial charge in [-0.25, -0.2) is 8.78 Å². The van der Waals surface area contributed by atoms with E-state index in [0.29, 0.717) is 38.5 Å². The van der Waals surface area contributed by atoms with Crippen molar-refractivity contribution >= 4 is 11.8 Å². The highest BCUT2D eigenvalue weighted by Crippen LogP contribution is 2.17. The Balaban J connectivity index is 1.48. The topological polar surface area (TPSA) is 52.7 Å². The number of hydrogen-bond donors (Lipinski definition) is 1. The minimum absolute atomic E-state index is 0.131. The van der Waals surface area contributed by atoms with E-state index in [-0.39, 0.29) is 17.4 Å². The third-order valence-corrected chi connectivity index (χ3v) is 5.01. The summed E-state index contributed by atoms with van der Waals surface area (Å²) in [7, 11) is 0. The summed E-state index contributed by atoms with van der Waals surface area (Å²) < 4.78 is 26.3. The van der Waals surface area contributed by atoms with Gasteiger partial charge in [0, 0.05) is 38.2 Å². The minimum Gasteiger partial charge on any atom is -0.339 e. The van der Waals surface area contributed by atoms with E-state index >= 15 is 0 Å². The normalized spacial score (nSPS) is 20.8. The van der Waals surface area contributed by atoms with Crippen LogP contribution in [-0.2, 0) is 4.79 Å². The molecule has 1 N–H and O–H groups in total. The molecule has 2 aliphatic rings. The predicted molar refractivity (Wildman–Crippen MR) is 89.1 cm³/mol. The van der Waals surface area contributed by atoms with Crippen LogP contribution < -0.4 is 5.32 Å². The maximum absolute atomic E-state index is 13.3. The quantitative estimate of drug-likeness (QED) is 0.897. The second-order valence-electron chi connectivity index (χ2n) is 6.70. The molecule has 136 valence electrons. The fourth-order valence-corrected chi connectivity index (χ4v) is 3.42. The van der Waals surface area contributed by atoms with Gasteiger partial charge in [0.25, 0.3) is 5.91 Å². The van der Waals surface area contributed by atoms with Gasteiger partial charge in [-0.1, -0.05) is 0 Å². The van der Waals surface area contributed by atoms with Gasteiger partial charge in [-0.3, -0.25) is 9.59 Å². The highest BCUT2D eigenvalue weighted by atomic mass is 19.2. The molecule has 0 aromatic heterocycles. The van der Waals surface area contributed by atoms with Crippen molar-refractivity contribution in [3.05, 3.63) is 35.4 Å². The molecular weight excluding hydrogens is 328 g/mol. The van der Waals surface area contributed by atoms with E-state index in [1.54, 1.807) is 9.80 Å². The van der Waals surface area contributed by atoms with Crippen LogP contribution >= 0.6 is 0 Å². The van der Waals surface area contributed by atoms with E-state index in [1.807, 2.05) is 0 Å². The number of carbonyl (C=O) groups excluding carboxylic acids is 2. The molecule has 0 bridgehead atoms. The number of carbonyl (C=O) groups is 2. The number of nitrogens with one attached hydrogen (secondary N) is 1. The zero-order valence-corrected chi connectivity index (χ0v) is 14.1. The van der Waals surface area contributed by atoms with Crippen LogP contribution in [0.15, 0.2) is 18.2 Å². The van der Waals surface area contributed by atoms with Gasteiger partial charge in [0.2, 0.25) is 5.91 Å². The fraction of sp³-hybridized carbons (Fsp3) is 0.556. The van der Waals surface area contributed by atoms with Crippen LogP contribution in [0.3, 0.4) is 0 Å². The Morgan fingerprint density at radius 3 is 2.44 bits per heavy atom. The summed E-state index contributed by atoms with van der Waals surface area (Å²) >= 11 is 0. The number of rotatable bonds is 4. The molecule has 1 aromatic rings. The monoisotopic (exact) mass is 351 g/mol. The zero-order valence-electron chi connectivity index (χ0n) is 14.1. The molecule has 7 heteroatoms. The molecule has 1 atom stereocenters. The van der Waals surface area contributed by atoms with Crippen LogP contribution in [-0.4, -0.2) is 60.9 Å². The van der Waals surface area contributed by atoms with E-state index in [0.717, 1.165) is 38.1 Å². The molecule has 0 aliphatic carbocycles. The van der Waals surface area contributed by atoms with Crippen LogP contribution in [0.5, 0.6) is 0 Å². The van der Waals surface area contributed by atoms with Gasteiger partial charge in [0.15, 0.2) is 11.6 Å². The Hall–Kier alpha value is -2.02. The Labute approximate surface area is 146 Å². The number of halogens is 2. The first-order chi connectivity index (χ1) is 12.0. The van der Waals surface area contributed by atoms with Gasteiger partial charge in [-0.2, -0.15) is 0 Å². The van der Waals surface area contributed by atoms with Crippen molar-refractivity contribution < 1.29 is 18.4 Å². The van der Waals surface area contributed by atoms with E-state index in [1.165, 1.54) is 6.07 Å². The molecule has 2 saturated heterocycles. The average molecular weight is 351 g/mol. The molecule has 25 heavy (non-hydrogen) atoms. The number of nitrogens with zero attached hydrogens (tertiary/aromatic N) is 2. The van der Waals surface area contributed by atoms with Crippen molar-refractivity contribution in [1.29, 1.82) is 0 Å². The maximum atomic E-state index is 13.3. The molecule has 0 saturated carbocycles. The van der Waals surface area contributed by atoms with Crippen molar-refractivity contribution in [2.75, 3.05) is 39.3 Å². The molecule has 2 fully saturated rings. The number of hydrogen-bond acceptors (Lipinski definition) is 3. The zero-order chi connectivity index (χ0) is 17.8. The van der Waals surface area contributed by atoms with Gasteiger partial charge in [0.05, 0.1) is 0 Å². The summed E-state index contributed by atoms with van der Waals surface area (Å²) in [6, 6.07) is 3.17. The lowest BCUT2D eigenvalue weighted by Crippen LogP contribution is -2.50. The molecule has 2 aliphatic heterocycles. The average Bonchev–Trinajstić information content (AvgIpc) is 3.15. The molecule has 1 unspecified atom stereocenters. The van der Waals surface area contributed by atoms with E-state index < -0.39 is 11.6 Å². The first-order valence-corrected chi connectivity index (χ1v) is 8.77. The molecule has 0 radical (unpaired) electrons. The lowest BCUT2D eigenvalue weighted by molar-refractivity contribution is -0.132. The Kier molecular flexibility index (Phi) is 5.63. The molecule has 2 heterocycles. The van der Waals surface area contributed by atoms with Gasteiger partial charge in [-0.05, 0) is 50.0 Å². The summed E-state index contributed by atoms with van der Waals surface area (Å²) in [6.45, 7) is 3.81. The van der Waals surface area contributed by atoms with Gasteiger partial charge in [-0.15, -0.1) is 0 Å². The van der Waals surface area contributed by atoms with Gasteiger partial charge >= 0.3 is 0 Å². The molecule has 2 amide bonds. The van der Waals surface area contributed by atoms with E-state index in [2.05, 4.69) is 5.32 Å². The SMILES string of the molecule is O=C(CCC1CCNC1)N1CCN(C(=O)c2ccc(F)c(F)c2)CC1. The third-order valence-electron chi connectivity index (χ3n) is 5.01. The lowest BCUT2D eigenvalue weighted by Gasteiger charge is -2.35. The Bertz CT molecular complexity index is 639. The standard InChI is InChI=1S/C18H23F2N3O2/c19-15-3-2-14(11-16(15)20)18(25)23-9-7-22(8-10-23)17(24)4-1-13-5-6-21-12-13/h2-3,11,13,21H,1,4-10,12H2. The van der Waals surface area contributed by atoms with Crippen molar-refractivity contribution in [2.24, 2.45) is 5.92 Å². The van der Waals surface area contributed by atoms with E-state index in [4.69, 9.17) is 0 Å². The number of amides is 2. The van der Waals surface area contributed by atoms with Crippen LogP contribution in [0.4, 0.5) is 8.78 Å². The Morgan fingerprint density at radius 1 is 1.08 bits per heavy atom. The largest absolute Gasteiger partial charge is 0.339 e. The second-order valence-corrected chi connectivity index (χ2v) is 6.70. The lowest BCUT2D eigenvalue weighted by atomic mass is 10.0. The second kappa shape index (κ2) is 7.91. The first kappa shape index (κ1) is 17.8. The predicted octanol–water partition coefficient (Wildman–Crippen LogP) is 1.64. The molecule has 0 spiro atoms. The summed E-state index contributed by atoms with van der Waals surface area (Å²) in [5, 5.41) is 3.30. The highest BCUT2D eigenvalue weighted by Gasteiger charge is 2.26. The maximum Gasteiger partial charge on any atom is 0.254 e. The third kappa shape index (κ3) is 4.34. The molecule has 1 aromatic carbocycles. The summed E-state index contributed by atoms with van der Waals surface area (Å²) in [5.41, 5.74) is 0.132. The number of benzene rings is 1. The van der Waals surface area contributed by atoms with Crippen molar-refractivity contribution in [2.45, 2.75) is 19.3 Å². The number of piperazine rings is 1. The van der Waals surface area contributed by atoms with Crippen molar-refractivity contribution in [3.63, 3.8) is 0 Å². The van der Waals surface area contributed by atoms with Crippen molar-refractivity contribution in [1.82, 2.24) is 15.1 Å². The van der Waals surface area contributed by atoms with Crippen LogP contribution in [0.1, 0.15) is 29.6 Å². The summed E-state index contributed by atoms with van der Waals surface area (Å²) in [6.07, 6.45) is 2.58. The fourth-order valence-electron chi connectivity index (χ4n) is 3.42. The van der Waals surface area contributed by atoms with Gasteiger partial charge in [0.1, 0.15) is 0 Å². The van der Waals surface area contributed by atoms with Crippen LogP contribution in [0.25, 0.3) is 0 Å². The molecule has 3 rings (SSSR count). The molecule has 5 nitrogen and oxygen atoms in total. The van der Waals surface area contributed by atoms with Gasteiger partial charge < -0.3 is 15.1 Å². The summed E-state index contributed by atoms with van der Waals surface area (Å²) in [4.78, 5) is 28.0. The smallest absolute Gasteiger partial charge is 0.254 e. The summed E-state index contributed by atoms with van der Waals surface area (Å²) in [5.74, 6) is -1.61. The first-order valence-electron chi connectivity index (χ1n) is 8.77. The minimum atomic E-state index is -1.03. The van der Waals surface area contributed by atoms with E-state index in [9.17, 15) is 18.4 Å². The van der Waals surface area contributed by atoms with Crippen LogP contribution in [0.2, 0.25) is 0 Å².